The molecule has 3 heteroatoms. The largest absolute Gasteiger partial charge is 0.207 e. The SMILES string of the molecule is Cc1ccc(C)c(CC(Cl)c2c(F)cccc2F)c1. The minimum Gasteiger partial charge on any atom is -0.207 e. The lowest BCUT2D eigenvalue weighted by Crippen LogP contribution is -2.03. The number of benzene rings is 2. The quantitative estimate of drug-likeness (QED) is 0.686. The molecule has 0 bridgehead atoms. The Kier molecular flexibility index (Phi) is 4.20. The second-order valence-electron chi connectivity index (χ2n) is 4.74. The van der Waals surface area contributed by atoms with Crippen molar-refractivity contribution >= 4 is 11.6 Å². The molecule has 0 nitrogen and oxygen atoms in total. The molecule has 0 aromatic heterocycles. The summed E-state index contributed by atoms with van der Waals surface area (Å²) in [6.45, 7) is 3.95. The molecule has 0 aliphatic carbocycles. The van der Waals surface area contributed by atoms with Crippen LogP contribution >= 0.6 is 11.6 Å². The van der Waals surface area contributed by atoms with Crippen LogP contribution in [0, 0.1) is 25.5 Å². The maximum atomic E-state index is 13.7. The van der Waals surface area contributed by atoms with E-state index in [1.807, 2.05) is 32.0 Å². The number of halogens is 3. The monoisotopic (exact) mass is 280 g/mol. The molecule has 2 aromatic rings. The van der Waals surface area contributed by atoms with Gasteiger partial charge >= 0.3 is 0 Å². The fourth-order valence-corrected chi connectivity index (χ4v) is 2.50. The highest BCUT2D eigenvalue weighted by molar-refractivity contribution is 6.21. The van der Waals surface area contributed by atoms with Gasteiger partial charge in [-0.3, -0.25) is 0 Å². The van der Waals surface area contributed by atoms with Crippen LogP contribution in [-0.4, -0.2) is 0 Å². The van der Waals surface area contributed by atoms with Crippen LogP contribution < -0.4 is 0 Å². The van der Waals surface area contributed by atoms with E-state index in [-0.39, 0.29) is 5.56 Å². The lowest BCUT2D eigenvalue weighted by Gasteiger charge is -2.14. The van der Waals surface area contributed by atoms with Gasteiger partial charge in [-0.2, -0.15) is 0 Å². The Morgan fingerprint density at radius 3 is 2.32 bits per heavy atom. The summed E-state index contributed by atoms with van der Waals surface area (Å²) < 4.78 is 27.3. The van der Waals surface area contributed by atoms with Gasteiger partial charge in [0.15, 0.2) is 0 Å². The Hall–Kier alpha value is -1.41. The molecule has 0 saturated heterocycles. The fourth-order valence-electron chi connectivity index (χ4n) is 2.13. The Morgan fingerprint density at radius 2 is 1.68 bits per heavy atom. The summed E-state index contributed by atoms with van der Waals surface area (Å²) in [6, 6.07) is 9.81. The molecule has 0 aliphatic rings. The first-order chi connectivity index (χ1) is 8.99. The van der Waals surface area contributed by atoms with Gasteiger partial charge in [0.05, 0.1) is 5.38 Å². The van der Waals surface area contributed by atoms with E-state index in [4.69, 9.17) is 11.6 Å². The molecule has 100 valence electrons. The summed E-state index contributed by atoms with van der Waals surface area (Å²) >= 11 is 6.20. The zero-order valence-electron chi connectivity index (χ0n) is 10.9. The van der Waals surface area contributed by atoms with Gasteiger partial charge in [-0.25, -0.2) is 8.78 Å². The summed E-state index contributed by atoms with van der Waals surface area (Å²) in [6.07, 6.45) is 0.410. The summed E-state index contributed by atoms with van der Waals surface area (Å²) in [5.41, 5.74) is 3.15. The Balaban J connectivity index is 2.31. The first kappa shape index (κ1) is 14.0. The van der Waals surface area contributed by atoms with Crippen molar-refractivity contribution in [1.29, 1.82) is 0 Å². The lowest BCUT2D eigenvalue weighted by atomic mass is 9.98. The molecule has 0 fully saturated rings. The van der Waals surface area contributed by atoms with E-state index in [9.17, 15) is 8.78 Å². The van der Waals surface area contributed by atoms with Crippen molar-refractivity contribution in [3.8, 4) is 0 Å². The molecule has 19 heavy (non-hydrogen) atoms. The minimum absolute atomic E-state index is 0.0509. The van der Waals surface area contributed by atoms with Gasteiger partial charge in [0, 0.05) is 5.56 Å². The molecule has 2 rings (SSSR count). The molecular weight excluding hydrogens is 266 g/mol. The molecule has 0 spiro atoms. The van der Waals surface area contributed by atoms with Gasteiger partial charge in [0.1, 0.15) is 11.6 Å². The number of alkyl halides is 1. The normalized spacial score (nSPS) is 12.5. The van der Waals surface area contributed by atoms with Crippen LogP contribution in [-0.2, 0) is 6.42 Å². The standard InChI is InChI=1S/C16H15ClF2/c1-10-6-7-11(2)12(8-10)9-13(17)16-14(18)4-3-5-15(16)19/h3-8,13H,9H2,1-2H3. The van der Waals surface area contributed by atoms with Gasteiger partial charge in [-0.05, 0) is 43.5 Å². The third-order valence-electron chi connectivity index (χ3n) is 3.22. The number of rotatable bonds is 3. The average Bonchev–Trinajstić information content (AvgIpc) is 2.33. The minimum atomic E-state index is -0.707. The van der Waals surface area contributed by atoms with Gasteiger partial charge in [0.25, 0.3) is 0 Å². The highest BCUT2D eigenvalue weighted by atomic mass is 35.5. The highest BCUT2D eigenvalue weighted by Gasteiger charge is 2.18. The van der Waals surface area contributed by atoms with Crippen LogP contribution in [0.2, 0.25) is 0 Å². The Bertz CT molecular complexity index is 573. The first-order valence-electron chi connectivity index (χ1n) is 6.13. The Morgan fingerprint density at radius 1 is 1.05 bits per heavy atom. The molecular formula is C16H15ClF2. The molecule has 0 heterocycles. The van der Waals surface area contributed by atoms with Gasteiger partial charge in [-0.15, -0.1) is 11.6 Å². The molecule has 0 saturated carbocycles. The first-order valence-corrected chi connectivity index (χ1v) is 6.57. The average molecular weight is 281 g/mol. The third-order valence-corrected chi connectivity index (χ3v) is 3.59. The molecule has 0 amide bonds. The van der Waals surface area contributed by atoms with E-state index in [1.165, 1.54) is 18.2 Å². The summed E-state index contributed by atoms with van der Waals surface area (Å²) in [4.78, 5) is 0. The van der Waals surface area contributed by atoms with Gasteiger partial charge in [-0.1, -0.05) is 29.8 Å². The zero-order valence-corrected chi connectivity index (χ0v) is 11.6. The van der Waals surface area contributed by atoms with Crippen molar-refractivity contribution in [3.05, 3.63) is 70.3 Å². The van der Waals surface area contributed by atoms with E-state index >= 15 is 0 Å². The van der Waals surface area contributed by atoms with Crippen LogP contribution in [0.3, 0.4) is 0 Å². The van der Waals surface area contributed by atoms with Crippen molar-refractivity contribution in [2.45, 2.75) is 25.6 Å². The number of aryl methyl sites for hydroxylation is 2. The third kappa shape index (κ3) is 3.13. The van der Waals surface area contributed by atoms with Crippen molar-refractivity contribution in [2.75, 3.05) is 0 Å². The molecule has 1 atom stereocenters. The lowest BCUT2D eigenvalue weighted by molar-refractivity contribution is 0.551. The van der Waals surface area contributed by atoms with Gasteiger partial charge < -0.3 is 0 Å². The molecule has 0 aliphatic heterocycles. The topological polar surface area (TPSA) is 0 Å². The second kappa shape index (κ2) is 5.70. The van der Waals surface area contributed by atoms with E-state index in [2.05, 4.69) is 0 Å². The summed E-state index contributed by atoms with van der Waals surface area (Å²) in [5, 5.41) is -0.707. The predicted octanol–water partition coefficient (Wildman–Crippen LogP) is 5.10. The van der Waals surface area contributed by atoms with Crippen LogP contribution in [0.25, 0.3) is 0 Å². The molecule has 2 aromatic carbocycles. The highest BCUT2D eigenvalue weighted by Crippen LogP contribution is 2.30. The Labute approximate surface area is 117 Å². The van der Waals surface area contributed by atoms with Crippen LogP contribution in [0.4, 0.5) is 8.78 Å². The van der Waals surface area contributed by atoms with E-state index in [1.54, 1.807) is 0 Å². The maximum Gasteiger partial charge on any atom is 0.130 e. The van der Waals surface area contributed by atoms with E-state index in [0.29, 0.717) is 6.42 Å². The number of hydrogen-bond acceptors (Lipinski definition) is 0. The second-order valence-corrected chi connectivity index (χ2v) is 5.26. The molecule has 1 unspecified atom stereocenters. The maximum absolute atomic E-state index is 13.7. The van der Waals surface area contributed by atoms with Crippen LogP contribution in [0.1, 0.15) is 27.6 Å². The van der Waals surface area contributed by atoms with Crippen molar-refractivity contribution < 1.29 is 8.78 Å². The van der Waals surface area contributed by atoms with E-state index in [0.717, 1.165) is 16.7 Å². The van der Waals surface area contributed by atoms with Crippen molar-refractivity contribution in [1.82, 2.24) is 0 Å². The number of hydrogen-bond donors (Lipinski definition) is 0. The zero-order chi connectivity index (χ0) is 14.0. The van der Waals surface area contributed by atoms with Crippen LogP contribution in [0.15, 0.2) is 36.4 Å². The fraction of sp³-hybridized carbons (Fsp3) is 0.250. The predicted molar refractivity (Wildman–Crippen MR) is 74.6 cm³/mol. The smallest absolute Gasteiger partial charge is 0.130 e. The molecule has 0 radical (unpaired) electrons. The van der Waals surface area contributed by atoms with Gasteiger partial charge in [0.2, 0.25) is 0 Å². The summed E-state index contributed by atoms with van der Waals surface area (Å²) in [7, 11) is 0. The van der Waals surface area contributed by atoms with Crippen molar-refractivity contribution in [2.24, 2.45) is 0 Å². The molecule has 0 N–H and O–H groups in total. The van der Waals surface area contributed by atoms with Crippen molar-refractivity contribution in [3.63, 3.8) is 0 Å². The summed E-state index contributed by atoms with van der Waals surface area (Å²) in [5.74, 6) is -1.18. The van der Waals surface area contributed by atoms with E-state index < -0.39 is 17.0 Å². The van der Waals surface area contributed by atoms with Crippen LogP contribution in [0.5, 0.6) is 0 Å².